The van der Waals surface area contributed by atoms with E-state index < -0.39 is 6.10 Å². The highest BCUT2D eigenvalue weighted by atomic mass is 79.9. The highest BCUT2D eigenvalue weighted by molar-refractivity contribution is 9.10. The predicted octanol–water partition coefficient (Wildman–Crippen LogP) is 2.96. The fourth-order valence-electron chi connectivity index (χ4n) is 2.16. The van der Waals surface area contributed by atoms with Crippen LogP contribution < -0.4 is 5.32 Å². The lowest BCUT2D eigenvalue weighted by atomic mass is 10.2. The zero-order chi connectivity index (χ0) is 12.5. The van der Waals surface area contributed by atoms with Gasteiger partial charge in [0.15, 0.2) is 0 Å². The first-order valence-corrected chi connectivity index (χ1v) is 6.58. The summed E-state index contributed by atoms with van der Waals surface area (Å²) in [5, 5.41) is 13.1. The second-order valence-corrected chi connectivity index (χ2v) is 5.19. The number of hydrogen-bond donors (Lipinski definition) is 2. The zero-order valence-electron chi connectivity index (χ0n) is 9.60. The minimum atomic E-state index is -0.450. The van der Waals surface area contributed by atoms with E-state index in [1.165, 1.54) is 6.33 Å². The van der Waals surface area contributed by atoms with Crippen LogP contribution in [-0.2, 0) is 6.42 Å². The van der Waals surface area contributed by atoms with Crippen LogP contribution >= 0.6 is 15.9 Å². The molecule has 2 N–H and O–H groups in total. The molecular weight excluding hydrogens is 294 g/mol. The second-order valence-electron chi connectivity index (χ2n) is 4.27. The van der Waals surface area contributed by atoms with Crippen LogP contribution in [0.25, 0.3) is 0 Å². The van der Waals surface area contributed by atoms with Gasteiger partial charge in [-0.05, 0) is 37.1 Å². The van der Waals surface area contributed by atoms with Crippen LogP contribution in [-0.4, -0.2) is 15.1 Å². The Hall–Kier alpha value is -1.46. The Kier molecular flexibility index (Phi) is 3.01. The van der Waals surface area contributed by atoms with Crippen LogP contribution in [0, 0.1) is 0 Å². The lowest BCUT2D eigenvalue weighted by molar-refractivity contribution is 0.175. The van der Waals surface area contributed by atoms with Gasteiger partial charge in [0.05, 0.1) is 11.8 Å². The van der Waals surface area contributed by atoms with Crippen molar-refractivity contribution in [1.29, 1.82) is 0 Å². The first-order chi connectivity index (χ1) is 8.74. The van der Waals surface area contributed by atoms with Crippen molar-refractivity contribution in [3.8, 4) is 0 Å². The van der Waals surface area contributed by atoms with E-state index in [4.69, 9.17) is 0 Å². The number of fused-ring (bicyclic) bond motifs is 1. The molecule has 0 spiro atoms. The van der Waals surface area contributed by atoms with Crippen LogP contribution in [0.5, 0.6) is 0 Å². The standard InChI is InChI=1S/C13H12BrN3O/c14-8-1-3-9(4-2-8)17-13-10-5-6-11(18)12(10)15-7-16-13/h1-4,7,11,18H,5-6H2,(H,15,16,17). The van der Waals surface area contributed by atoms with E-state index >= 15 is 0 Å². The first kappa shape index (κ1) is 11.6. The maximum atomic E-state index is 9.78. The van der Waals surface area contributed by atoms with Crippen molar-refractivity contribution in [2.75, 3.05) is 5.32 Å². The summed E-state index contributed by atoms with van der Waals surface area (Å²) in [6.45, 7) is 0. The number of rotatable bonds is 2. The molecule has 1 aromatic heterocycles. The van der Waals surface area contributed by atoms with Crippen molar-refractivity contribution in [2.24, 2.45) is 0 Å². The van der Waals surface area contributed by atoms with Crippen molar-refractivity contribution in [1.82, 2.24) is 9.97 Å². The third kappa shape index (κ3) is 2.11. The third-order valence-corrected chi connectivity index (χ3v) is 3.60. The third-order valence-electron chi connectivity index (χ3n) is 3.07. The largest absolute Gasteiger partial charge is 0.387 e. The molecule has 0 aliphatic heterocycles. The summed E-state index contributed by atoms with van der Waals surface area (Å²) in [5.74, 6) is 0.791. The fraction of sp³-hybridized carbons (Fsp3) is 0.231. The molecule has 1 aliphatic carbocycles. The quantitative estimate of drug-likeness (QED) is 0.895. The van der Waals surface area contributed by atoms with E-state index in [0.717, 1.165) is 40.1 Å². The number of aliphatic hydroxyl groups excluding tert-OH is 1. The van der Waals surface area contributed by atoms with E-state index in [1.807, 2.05) is 24.3 Å². The zero-order valence-corrected chi connectivity index (χ0v) is 11.2. The SMILES string of the molecule is OC1CCc2c(Nc3ccc(Br)cc3)ncnc21. The van der Waals surface area contributed by atoms with E-state index in [0.29, 0.717) is 0 Å². The summed E-state index contributed by atoms with van der Waals surface area (Å²) in [6.07, 6.45) is 2.59. The number of hydrogen-bond acceptors (Lipinski definition) is 4. The van der Waals surface area contributed by atoms with Gasteiger partial charge in [-0.15, -0.1) is 0 Å². The lowest BCUT2D eigenvalue weighted by Crippen LogP contribution is -2.01. The average Bonchev–Trinajstić information content (AvgIpc) is 2.76. The van der Waals surface area contributed by atoms with Gasteiger partial charge in [0.1, 0.15) is 12.1 Å². The van der Waals surface area contributed by atoms with E-state index in [9.17, 15) is 5.11 Å². The number of aliphatic hydroxyl groups is 1. The van der Waals surface area contributed by atoms with Crippen molar-refractivity contribution < 1.29 is 5.11 Å². The molecule has 1 atom stereocenters. The Morgan fingerprint density at radius 1 is 1.22 bits per heavy atom. The predicted molar refractivity (Wildman–Crippen MR) is 72.7 cm³/mol. The summed E-state index contributed by atoms with van der Waals surface area (Å²) in [7, 11) is 0. The van der Waals surface area contributed by atoms with Gasteiger partial charge in [0.25, 0.3) is 0 Å². The molecule has 1 aromatic carbocycles. The summed E-state index contributed by atoms with van der Waals surface area (Å²) in [5.41, 5.74) is 2.75. The number of aromatic nitrogens is 2. The number of nitrogens with one attached hydrogen (secondary N) is 1. The average molecular weight is 306 g/mol. The van der Waals surface area contributed by atoms with Gasteiger partial charge in [-0.1, -0.05) is 15.9 Å². The minimum Gasteiger partial charge on any atom is -0.387 e. The number of halogens is 1. The smallest absolute Gasteiger partial charge is 0.137 e. The van der Waals surface area contributed by atoms with Gasteiger partial charge in [-0.25, -0.2) is 9.97 Å². The van der Waals surface area contributed by atoms with Crippen molar-refractivity contribution in [3.63, 3.8) is 0 Å². The van der Waals surface area contributed by atoms with Gasteiger partial charge < -0.3 is 10.4 Å². The van der Waals surface area contributed by atoms with Crippen LogP contribution in [0.1, 0.15) is 23.8 Å². The molecule has 4 nitrogen and oxygen atoms in total. The van der Waals surface area contributed by atoms with Crippen molar-refractivity contribution in [2.45, 2.75) is 18.9 Å². The maximum absolute atomic E-state index is 9.78. The van der Waals surface area contributed by atoms with Crippen LogP contribution in [0.15, 0.2) is 35.1 Å². The van der Waals surface area contributed by atoms with Crippen molar-refractivity contribution >= 4 is 27.4 Å². The normalized spacial score (nSPS) is 17.6. The van der Waals surface area contributed by atoms with Gasteiger partial charge in [0, 0.05) is 15.7 Å². The molecule has 3 rings (SSSR count). The summed E-state index contributed by atoms with van der Waals surface area (Å²) >= 11 is 3.40. The molecule has 0 fully saturated rings. The summed E-state index contributed by atoms with van der Waals surface area (Å²) in [6, 6.07) is 7.89. The molecule has 0 saturated heterocycles. The minimum absolute atomic E-state index is 0.450. The molecule has 0 amide bonds. The highest BCUT2D eigenvalue weighted by Crippen LogP contribution is 2.33. The summed E-state index contributed by atoms with van der Waals surface area (Å²) in [4.78, 5) is 8.41. The fourth-order valence-corrected chi connectivity index (χ4v) is 2.42. The molecule has 0 bridgehead atoms. The summed E-state index contributed by atoms with van der Waals surface area (Å²) < 4.78 is 1.04. The molecule has 18 heavy (non-hydrogen) atoms. The Bertz CT molecular complexity index is 571. The van der Waals surface area contributed by atoms with E-state index in [2.05, 4.69) is 31.2 Å². The number of benzene rings is 1. The lowest BCUT2D eigenvalue weighted by Gasteiger charge is -2.10. The molecule has 0 saturated carbocycles. The van der Waals surface area contributed by atoms with Crippen molar-refractivity contribution in [3.05, 3.63) is 46.3 Å². The Balaban J connectivity index is 1.92. The maximum Gasteiger partial charge on any atom is 0.137 e. The molecule has 92 valence electrons. The Labute approximate surface area is 113 Å². The van der Waals surface area contributed by atoms with Gasteiger partial charge in [-0.3, -0.25) is 0 Å². The molecule has 5 heteroatoms. The first-order valence-electron chi connectivity index (χ1n) is 5.78. The highest BCUT2D eigenvalue weighted by Gasteiger charge is 2.24. The Morgan fingerprint density at radius 2 is 2.00 bits per heavy atom. The van der Waals surface area contributed by atoms with Gasteiger partial charge >= 0.3 is 0 Å². The molecule has 1 heterocycles. The second kappa shape index (κ2) is 4.66. The molecule has 1 aliphatic rings. The van der Waals surface area contributed by atoms with E-state index in [1.54, 1.807) is 0 Å². The monoisotopic (exact) mass is 305 g/mol. The molecule has 0 radical (unpaired) electrons. The Morgan fingerprint density at radius 3 is 2.78 bits per heavy atom. The number of nitrogens with zero attached hydrogens (tertiary/aromatic N) is 2. The number of anilines is 2. The molecule has 2 aromatic rings. The molecule has 1 unspecified atom stereocenters. The van der Waals surface area contributed by atoms with Gasteiger partial charge in [-0.2, -0.15) is 0 Å². The van der Waals surface area contributed by atoms with Gasteiger partial charge in [0.2, 0.25) is 0 Å². The van der Waals surface area contributed by atoms with Crippen LogP contribution in [0.2, 0.25) is 0 Å². The van der Waals surface area contributed by atoms with Crippen LogP contribution in [0.4, 0.5) is 11.5 Å². The molecular formula is C13H12BrN3O. The van der Waals surface area contributed by atoms with E-state index in [-0.39, 0.29) is 0 Å². The topological polar surface area (TPSA) is 58.0 Å². The van der Waals surface area contributed by atoms with Crippen LogP contribution in [0.3, 0.4) is 0 Å².